The Labute approximate surface area is 124 Å². The van der Waals surface area contributed by atoms with E-state index in [0.717, 1.165) is 17.8 Å². The van der Waals surface area contributed by atoms with Gasteiger partial charge in [0.05, 0.1) is 18.2 Å². The molecule has 1 N–H and O–H groups in total. The van der Waals surface area contributed by atoms with Gasteiger partial charge >= 0.3 is 0 Å². The number of rotatable bonds is 3. The second kappa shape index (κ2) is 5.95. The third-order valence-corrected chi connectivity index (χ3v) is 3.87. The average molecular weight is 281 g/mol. The number of para-hydroxylation sites is 1. The highest BCUT2D eigenvalue weighted by molar-refractivity contribution is 5.80. The van der Waals surface area contributed by atoms with Crippen molar-refractivity contribution >= 4 is 11.6 Å². The van der Waals surface area contributed by atoms with E-state index in [1.54, 1.807) is 11.1 Å². The normalized spacial score (nSPS) is 16.7. The second-order valence-electron chi connectivity index (χ2n) is 5.45. The summed E-state index contributed by atoms with van der Waals surface area (Å²) in [5.41, 5.74) is 3.28. The monoisotopic (exact) mass is 281 g/mol. The number of amides is 1. The van der Waals surface area contributed by atoms with E-state index in [9.17, 15) is 4.79 Å². The molecule has 0 aliphatic carbocycles. The highest BCUT2D eigenvalue weighted by atomic mass is 16.2. The molecule has 108 valence electrons. The van der Waals surface area contributed by atoms with Crippen molar-refractivity contribution in [2.24, 2.45) is 5.92 Å². The fourth-order valence-electron chi connectivity index (χ4n) is 2.74. The van der Waals surface area contributed by atoms with E-state index in [4.69, 9.17) is 0 Å². The number of nitrogens with zero attached hydrogens (tertiary/aromatic N) is 2. The molecule has 1 aliphatic rings. The number of carbonyl (C=O) groups is 1. The molecule has 1 aromatic carbocycles. The van der Waals surface area contributed by atoms with Gasteiger partial charge in [0.2, 0.25) is 5.91 Å². The number of nitrogens with one attached hydrogen (secondary N) is 1. The van der Waals surface area contributed by atoms with Gasteiger partial charge in [-0.3, -0.25) is 9.78 Å². The van der Waals surface area contributed by atoms with Crippen LogP contribution >= 0.6 is 0 Å². The van der Waals surface area contributed by atoms with Gasteiger partial charge in [0.25, 0.3) is 0 Å². The molecule has 0 spiro atoms. The highest BCUT2D eigenvalue weighted by Crippen LogP contribution is 2.25. The average Bonchev–Trinajstić information content (AvgIpc) is 2.54. The van der Waals surface area contributed by atoms with Crippen molar-refractivity contribution in [2.75, 3.05) is 18.9 Å². The van der Waals surface area contributed by atoms with E-state index >= 15 is 0 Å². The third kappa shape index (κ3) is 3.05. The molecule has 0 fully saturated rings. The van der Waals surface area contributed by atoms with Crippen molar-refractivity contribution in [3.63, 3.8) is 0 Å². The first kappa shape index (κ1) is 13.6. The summed E-state index contributed by atoms with van der Waals surface area (Å²) in [6.07, 6.45) is 2.56. The van der Waals surface area contributed by atoms with Gasteiger partial charge < -0.3 is 10.2 Å². The van der Waals surface area contributed by atoms with Crippen molar-refractivity contribution < 1.29 is 4.79 Å². The molecular weight excluding hydrogens is 262 g/mol. The number of aromatic nitrogens is 1. The van der Waals surface area contributed by atoms with Crippen LogP contribution in [0, 0.1) is 5.92 Å². The fourth-order valence-corrected chi connectivity index (χ4v) is 2.74. The largest absolute Gasteiger partial charge is 0.384 e. The first-order valence-electron chi connectivity index (χ1n) is 7.20. The van der Waals surface area contributed by atoms with Crippen LogP contribution in [0.1, 0.15) is 11.3 Å². The molecule has 1 aliphatic heterocycles. The molecule has 1 unspecified atom stereocenters. The molecule has 0 saturated heterocycles. The van der Waals surface area contributed by atoms with E-state index in [1.807, 2.05) is 37.4 Å². The zero-order valence-electron chi connectivity index (χ0n) is 12.1. The summed E-state index contributed by atoms with van der Waals surface area (Å²) in [5, 5.41) is 3.35. The Morgan fingerprint density at radius 1 is 1.29 bits per heavy atom. The van der Waals surface area contributed by atoms with Gasteiger partial charge in [-0.2, -0.15) is 0 Å². The van der Waals surface area contributed by atoms with Gasteiger partial charge in [0.1, 0.15) is 0 Å². The maximum atomic E-state index is 12.6. The molecule has 1 atom stereocenters. The number of anilines is 1. The smallest absolute Gasteiger partial charge is 0.227 e. The van der Waals surface area contributed by atoms with E-state index in [1.165, 1.54) is 5.56 Å². The van der Waals surface area contributed by atoms with E-state index in [-0.39, 0.29) is 11.8 Å². The number of pyridine rings is 1. The van der Waals surface area contributed by atoms with Crippen molar-refractivity contribution in [3.05, 3.63) is 59.9 Å². The van der Waals surface area contributed by atoms with Gasteiger partial charge in [0.15, 0.2) is 0 Å². The molecular formula is C17H19N3O. The maximum Gasteiger partial charge on any atom is 0.227 e. The fraction of sp³-hybridized carbons (Fsp3) is 0.294. The van der Waals surface area contributed by atoms with Gasteiger partial charge in [0, 0.05) is 25.5 Å². The minimum absolute atomic E-state index is 0.00591. The number of carbonyl (C=O) groups excluding carboxylic acids is 1. The van der Waals surface area contributed by atoms with Gasteiger partial charge in [-0.15, -0.1) is 0 Å². The molecule has 0 saturated carbocycles. The second-order valence-corrected chi connectivity index (χ2v) is 5.45. The Balaban J connectivity index is 1.66. The van der Waals surface area contributed by atoms with Crippen LogP contribution in [0.5, 0.6) is 0 Å². The Morgan fingerprint density at radius 2 is 2.10 bits per heavy atom. The Morgan fingerprint density at radius 3 is 2.90 bits per heavy atom. The zero-order valence-corrected chi connectivity index (χ0v) is 12.1. The number of benzene rings is 1. The lowest BCUT2D eigenvalue weighted by atomic mass is 9.93. The Bertz CT molecular complexity index is 627. The molecule has 1 amide bonds. The molecule has 3 rings (SSSR count). The van der Waals surface area contributed by atoms with Crippen LogP contribution in [0.2, 0.25) is 0 Å². The first-order valence-corrected chi connectivity index (χ1v) is 7.20. The number of fused-ring (bicyclic) bond motifs is 1. The lowest BCUT2D eigenvalue weighted by Gasteiger charge is -2.28. The van der Waals surface area contributed by atoms with Crippen molar-refractivity contribution in [1.82, 2.24) is 9.88 Å². The Kier molecular flexibility index (Phi) is 3.86. The molecule has 2 aromatic rings. The predicted octanol–water partition coefficient (Wildman–Crippen LogP) is 2.32. The van der Waals surface area contributed by atoms with Crippen LogP contribution < -0.4 is 5.32 Å². The minimum Gasteiger partial charge on any atom is -0.384 e. The van der Waals surface area contributed by atoms with E-state index in [2.05, 4.69) is 22.4 Å². The summed E-state index contributed by atoms with van der Waals surface area (Å²) in [6, 6.07) is 13.9. The molecule has 4 nitrogen and oxygen atoms in total. The van der Waals surface area contributed by atoms with Crippen LogP contribution in [0.4, 0.5) is 5.69 Å². The molecule has 4 heteroatoms. The van der Waals surface area contributed by atoms with Crippen LogP contribution in [-0.2, 0) is 17.8 Å². The molecule has 21 heavy (non-hydrogen) atoms. The number of hydrogen-bond donors (Lipinski definition) is 1. The van der Waals surface area contributed by atoms with E-state index < -0.39 is 0 Å². The van der Waals surface area contributed by atoms with Gasteiger partial charge in [-0.25, -0.2) is 0 Å². The topological polar surface area (TPSA) is 45.2 Å². The van der Waals surface area contributed by atoms with Crippen molar-refractivity contribution in [1.29, 1.82) is 0 Å². The van der Waals surface area contributed by atoms with Crippen LogP contribution in [0.15, 0.2) is 48.7 Å². The molecule has 0 bridgehead atoms. The van der Waals surface area contributed by atoms with Crippen LogP contribution in [0.25, 0.3) is 0 Å². The quantitative estimate of drug-likeness (QED) is 0.939. The summed E-state index contributed by atoms with van der Waals surface area (Å²) in [4.78, 5) is 18.6. The SMILES string of the molecule is CN(Cc1ccccn1)C(=O)C1CNc2ccccc2C1. The van der Waals surface area contributed by atoms with Crippen LogP contribution in [-0.4, -0.2) is 29.4 Å². The third-order valence-electron chi connectivity index (χ3n) is 3.87. The molecule has 2 heterocycles. The maximum absolute atomic E-state index is 12.6. The predicted molar refractivity (Wildman–Crippen MR) is 82.8 cm³/mol. The summed E-state index contributed by atoms with van der Waals surface area (Å²) < 4.78 is 0. The van der Waals surface area contributed by atoms with E-state index in [0.29, 0.717) is 13.1 Å². The van der Waals surface area contributed by atoms with Crippen molar-refractivity contribution in [3.8, 4) is 0 Å². The lowest BCUT2D eigenvalue weighted by molar-refractivity contribution is -0.134. The standard InChI is InChI=1S/C17H19N3O/c1-20(12-15-7-4-5-9-18-15)17(21)14-10-13-6-2-3-8-16(13)19-11-14/h2-9,14,19H,10-12H2,1H3. The highest BCUT2D eigenvalue weighted by Gasteiger charge is 2.26. The molecule has 0 radical (unpaired) electrons. The zero-order chi connectivity index (χ0) is 14.7. The van der Waals surface area contributed by atoms with Gasteiger partial charge in [-0.1, -0.05) is 24.3 Å². The molecule has 1 aromatic heterocycles. The summed E-state index contributed by atoms with van der Waals surface area (Å²) >= 11 is 0. The minimum atomic E-state index is -0.00591. The summed E-state index contributed by atoms with van der Waals surface area (Å²) in [7, 11) is 1.84. The van der Waals surface area contributed by atoms with Gasteiger partial charge in [-0.05, 0) is 30.2 Å². The number of hydrogen-bond acceptors (Lipinski definition) is 3. The summed E-state index contributed by atoms with van der Waals surface area (Å²) in [5.74, 6) is 0.163. The first-order chi connectivity index (χ1) is 10.2. The van der Waals surface area contributed by atoms with Crippen molar-refractivity contribution in [2.45, 2.75) is 13.0 Å². The Hall–Kier alpha value is -2.36. The summed E-state index contributed by atoms with van der Waals surface area (Å²) in [6.45, 7) is 1.25. The van der Waals surface area contributed by atoms with Crippen LogP contribution in [0.3, 0.4) is 0 Å². The lowest BCUT2D eigenvalue weighted by Crippen LogP contribution is -2.39.